The molecule has 2 rings (SSSR count). The summed E-state index contributed by atoms with van der Waals surface area (Å²) >= 11 is 0. The molecule has 2 aromatic rings. The van der Waals surface area contributed by atoms with Gasteiger partial charge in [-0.3, -0.25) is 10.0 Å². The molecule has 0 aromatic heterocycles. The van der Waals surface area contributed by atoms with Gasteiger partial charge in [0.2, 0.25) is 0 Å². The molecule has 0 saturated heterocycles. The third-order valence-electron chi connectivity index (χ3n) is 3.41. The van der Waals surface area contributed by atoms with Crippen LogP contribution in [-0.2, 0) is 4.79 Å². The Morgan fingerprint density at radius 1 is 1.19 bits per heavy atom. The molecule has 0 unspecified atom stereocenters. The standard InChI is InChI=1S/C16H17NO4/c1-10(6-9-15(19)17-21)16(20)13-7-8-14(18)12-5-3-2-4-11(12)13/h2-10,16,18,20-21H,1H3,(H,17,19)/b9-6+/t10-,16+/m1/s1. The number of carbonyl (C=O) groups excluding carboxylic acids is 1. The normalized spacial score (nSPS) is 14.2. The fourth-order valence-corrected chi connectivity index (χ4v) is 2.23. The first-order chi connectivity index (χ1) is 10.0. The molecule has 0 heterocycles. The van der Waals surface area contributed by atoms with Crippen molar-refractivity contribution < 1.29 is 20.2 Å². The van der Waals surface area contributed by atoms with Crippen molar-refractivity contribution in [1.82, 2.24) is 5.48 Å². The van der Waals surface area contributed by atoms with E-state index in [-0.39, 0.29) is 11.7 Å². The predicted molar refractivity (Wildman–Crippen MR) is 78.8 cm³/mol. The van der Waals surface area contributed by atoms with Crippen LogP contribution in [0.1, 0.15) is 18.6 Å². The van der Waals surface area contributed by atoms with Gasteiger partial charge in [0.25, 0.3) is 5.91 Å². The third-order valence-corrected chi connectivity index (χ3v) is 3.41. The van der Waals surface area contributed by atoms with Gasteiger partial charge in [-0.15, -0.1) is 0 Å². The van der Waals surface area contributed by atoms with Gasteiger partial charge in [-0.2, -0.15) is 0 Å². The first-order valence-electron chi connectivity index (χ1n) is 6.55. The van der Waals surface area contributed by atoms with Gasteiger partial charge in [0, 0.05) is 17.4 Å². The molecular weight excluding hydrogens is 270 g/mol. The zero-order chi connectivity index (χ0) is 15.4. The Morgan fingerprint density at radius 3 is 2.52 bits per heavy atom. The van der Waals surface area contributed by atoms with E-state index in [1.54, 1.807) is 19.1 Å². The number of fused-ring (bicyclic) bond motifs is 1. The number of aromatic hydroxyl groups is 1. The lowest BCUT2D eigenvalue weighted by molar-refractivity contribution is -0.124. The van der Waals surface area contributed by atoms with E-state index in [0.29, 0.717) is 10.9 Å². The molecule has 0 spiro atoms. The number of benzene rings is 2. The molecule has 1 amide bonds. The van der Waals surface area contributed by atoms with Gasteiger partial charge in [0.1, 0.15) is 5.75 Å². The molecule has 4 N–H and O–H groups in total. The number of nitrogens with one attached hydrogen (secondary N) is 1. The highest BCUT2D eigenvalue weighted by atomic mass is 16.5. The minimum atomic E-state index is -0.835. The van der Waals surface area contributed by atoms with E-state index in [1.165, 1.54) is 17.6 Å². The lowest BCUT2D eigenvalue weighted by Gasteiger charge is -2.18. The molecular formula is C16H17NO4. The molecule has 0 aliphatic heterocycles. The highest BCUT2D eigenvalue weighted by molar-refractivity contribution is 5.91. The number of phenols is 1. The van der Waals surface area contributed by atoms with Crippen LogP contribution in [0.2, 0.25) is 0 Å². The van der Waals surface area contributed by atoms with Crippen molar-refractivity contribution in [2.45, 2.75) is 13.0 Å². The van der Waals surface area contributed by atoms with Crippen molar-refractivity contribution in [3.8, 4) is 5.75 Å². The topological polar surface area (TPSA) is 89.8 Å². The number of rotatable bonds is 4. The minimum Gasteiger partial charge on any atom is -0.507 e. The monoisotopic (exact) mass is 287 g/mol. The molecule has 21 heavy (non-hydrogen) atoms. The van der Waals surface area contributed by atoms with Crippen molar-refractivity contribution in [2.24, 2.45) is 5.92 Å². The Kier molecular flexibility index (Phi) is 4.57. The summed E-state index contributed by atoms with van der Waals surface area (Å²) in [4.78, 5) is 11.0. The molecule has 0 aliphatic rings. The van der Waals surface area contributed by atoms with Crippen molar-refractivity contribution in [3.05, 3.63) is 54.1 Å². The molecule has 0 radical (unpaired) electrons. The van der Waals surface area contributed by atoms with E-state index in [2.05, 4.69) is 0 Å². The summed E-state index contributed by atoms with van der Waals surface area (Å²) in [7, 11) is 0. The van der Waals surface area contributed by atoms with E-state index in [1.807, 2.05) is 18.2 Å². The van der Waals surface area contributed by atoms with Crippen LogP contribution in [0.5, 0.6) is 5.75 Å². The third kappa shape index (κ3) is 3.21. The number of hydrogen-bond donors (Lipinski definition) is 4. The Bertz CT molecular complexity index is 681. The van der Waals surface area contributed by atoms with Gasteiger partial charge >= 0.3 is 0 Å². The maximum absolute atomic E-state index is 11.0. The van der Waals surface area contributed by atoms with Crippen LogP contribution in [0, 0.1) is 5.92 Å². The van der Waals surface area contributed by atoms with Gasteiger partial charge in [0.05, 0.1) is 6.10 Å². The summed E-state index contributed by atoms with van der Waals surface area (Å²) < 4.78 is 0. The first-order valence-corrected chi connectivity index (χ1v) is 6.55. The van der Waals surface area contributed by atoms with Crippen LogP contribution in [0.4, 0.5) is 0 Å². The maximum atomic E-state index is 11.0. The number of carbonyl (C=O) groups is 1. The Hall–Kier alpha value is -2.37. The second kappa shape index (κ2) is 6.39. The van der Waals surface area contributed by atoms with E-state index in [4.69, 9.17) is 5.21 Å². The van der Waals surface area contributed by atoms with Gasteiger partial charge in [0.15, 0.2) is 0 Å². The summed E-state index contributed by atoms with van der Waals surface area (Å²) in [6.45, 7) is 1.76. The second-order valence-corrected chi connectivity index (χ2v) is 4.86. The number of phenolic OH excluding ortho intramolecular Hbond substituents is 1. The molecule has 0 bridgehead atoms. The number of hydroxylamine groups is 1. The Labute approximate surface area is 122 Å². The van der Waals surface area contributed by atoms with Gasteiger partial charge in [-0.05, 0) is 17.0 Å². The average molecular weight is 287 g/mol. The van der Waals surface area contributed by atoms with Crippen LogP contribution < -0.4 is 5.48 Å². The molecule has 0 fully saturated rings. The van der Waals surface area contributed by atoms with E-state index in [0.717, 1.165) is 11.5 Å². The zero-order valence-electron chi connectivity index (χ0n) is 11.5. The molecule has 2 atom stereocenters. The minimum absolute atomic E-state index is 0.157. The number of amides is 1. The van der Waals surface area contributed by atoms with Crippen molar-refractivity contribution >= 4 is 16.7 Å². The van der Waals surface area contributed by atoms with Crippen molar-refractivity contribution in [3.63, 3.8) is 0 Å². The van der Waals surface area contributed by atoms with E-state index in [9.17, 15) is 15.0 Å². The largest absolute Gasteiger partial charge is 0.507 e. The predicted octanol–water partition coefficient (Wildman–Crippen LogP) is 2.28. The second-order valence-electron chi connectivity index (χ2n) is 4.86. The van der Waals surface area contributed by atoms with Crippen LogP contribution in [0.15, 0.2) is 48.6 Å². The highest BCUT2D eigenvalue weighted by Crippen LogP contribution is 2.33. The molecule has 110 valence electrons. The lowest BCUT2D eigenvalue weighted by atomic mass is 9.92. The summed E-state index contributed by atoms with van der Waals surface area (Å²) in [6.07, 6.45) is 1.84. The van der Waals surface area contributed by atoms with Crippen molar-refractivity contribution in [1.29, 1.82) is 0 Å². The summed E-state index contributed by atoms with van der Waals surface area (Å²) in [6, 6.07) is 10.5. The lowest BCUT2D eigenvalue weighted by Crippen LogP contribution is -2.16. The SMILES string of the molecule is C[C@H](/C=C/C(=O)NO)[C@H](O)c1ccc(O)c2ccccc12. The molecule has 2 aromatic carbocycles. The quantitative estimate of drug-likeness (QED) is 0.394. The fourth-order valence-electron chi connectivity index (χ4n) is 2.23. The Balaban J connectivity index is 2.35. The van der Waals surface area contributed by atoms with Gasteiger partial charge in [-0.1, -0.05) is 43.3 Å². The number of hydrogen-bond acceptors (Lipinski definition) is 4. The number of aliphatic hydroxyl groups is 1. The van der Waals surface area contributed by atoms with Gasteiger partial charge < -0.3 is 10.2 Å². The van der Waals surface area contributed by atoms with E-state index < -0.39 is 12.0 Å². The molecule has 5 nitrogen and oxygen atoms in total. The number of aliphatic hydroxyl groups excluding tert-OH is 1. The fraction of sp³-hybridized carbons (Fsp3) is 0.188. The smallest absolute Gasteiger partial charge is 0.267 e. The molecule has 5 heteroatoms. The average Bonchev–Trinajstić information content (AvgIpc) is 2.52. The summed E-state index contributed by atoms with van der Waals surface area (Å²) in [5, 5.41) is 30.1. The first kappa shape index (κ1) is 15.0. The van der Waals surface area contributed by atoms with Crippen LogP contribution >= 0.6 is 0 Å². The summed E-state index contributed by atoms with van der Waals surface area (Å²) in [5.41, 5.74) is 2.17. The Morgan fingerprint density at radius 2 is 1.86 bits per heavy atom. The van der Waals surface area contributed by atoms with Crippen molar-refractivity contribution in [2.75, 3.05) is 0 Å². The zero-order valence-corrected chi connectivity index (χ0v) is 11.5. The van der Waals surface area contributed by atoms with Crippen LogP contribution in [0.3, 0.4) is 0 Å². The van der Waals surface area contributed by atoms with Gasteiger partial charge in [-0.25, -0.2) is 5.48 Å². The molecule has 0 saturated carbocycles. The van der Waals surface area contributed by atoms with Crippen LogP contribution in [-0.4, -0.2) is 21.3 Å². The highest BCUT2D eigenvalue weighted by Gasteiger charge is 2.17. The summed E-state index contributed by atoms with van der Waals surface area (Å²) in [5.74, 6) is -0.829. The maximum Gasteiger partial charge on any atom is 0.267 e. The van der Waals surface area contributed by atoms with Crippen LogP contribution in [0.25, 0.3) is 10.8 Å². The molecule has 0 aliphatic carbocycles. The van der Waals surface area contributed by atoms with E-state index >= 15 is 0 Å².